The van der Waals surface area contributed by atoms with E-state index in [1.54, 1.807) is 48.5 Å². The largest absolute Gasteiger partial charge is 0.349 e. The molecule has 1 fully saturated rings. The van der Waals surface area contributed by atoms with Crippen LogP contribution in [0.5, 0.6) is 0 Å². The van der Waals surface area contributed by atoms with Gasteiger partial charge in [0.2, 0.25) is 0 Å². The van der Waals surface area contributed by atoms with Crippen LogP contribution in [0.3, 0.4) is 0 Å². The van der Waals surface area contributed by atoms with Crippen molar-refractivity contribution in [1.82, 2.24) is 10.7 Å². The first-order chi connectivity index (χ1) is 14.5. The van der Waals surface area contributed by atoms with Crippen molar-refractivity contribution < 1.29 is 14.4 Å². The molecule has 3 N–H and O–H groups in total. The number of halogens is 1. The number of carbonyl (C=O) groups excluding carboxylic acids is 3. The summed E-state index contributed by atoms with van der Waals surface area (Å²) in [6.45, 7) is 0. The van der Waals surface area contributed by atoms with E-state index in [1.807, 2.05) is 0 Å². The number of rotatable bonds is 5. The fraction of sp³-hybridized carbons (Fsp3) is 0.273. The third-order valence-corrected chi connectivity index (χ3v) is 5.03. The van der Waals surface area contributed by atoms with E-state index in [-0.39, 0.29) is 17.6 Å². The number of benzene rings is 2. The van der Waals surface area contributed by atoms with Crippen molar-refractivity contribution in [3.8, 4) is 0 Å². The lowest BCUT2D eigenvalue weighted by atomic mass is 9.95. The molecule has 3 amide bonds. The quantitative estimate of drug-likeness (QED) is 0.387. The van der Waals surface area contributed by atoms with Crippen molar-refractivity contribution >= 4 is 41.2 Å². The zero-order valence-electron chi connectivity index (χ0n) is 16.4. The summed E-state index contributed by atoms with van der Waals surface area (Å²) in [5, 5.41) is 9.78. The lowest BCUT2D eigenvalue weighted by molar-refractivity contribution is -0.136. The zero-order valence-corrected chi connectivity index (χ0v) is 17.1. The summed E-state index contributed by atoms with van der Waals surface area (Å²) in [5.41, 5.74) is 3.41. The monoisotopic (exact) mass is 426 g/mol. The summed E-state index contributed by atoms with van der Waals surface area (Å²) in [4.78, 5) is 36.9. The topological polar surface area (TPSA) is 99.7 Å². The highest BCUT2D eigenvalue weighted by Gasteiger charge is 2.20. The molecular weight excluding hydrogens is 404 g/mol. The van der Waals surface area contributed by atoms with Gasteiger partial charge in [-0.25, -0.2) is 5.43 Å². The molecule has 1 saturated carbocycles. The van der Waals surface area contributed by atoms with Gasteiger partial charge in [0.25, 0.3) is 5.91 Å². The average Bonchev–Trinajstić information content (AvgIpc) is 2.74. The zero-order chi connectivity index (χ0) is 21.3. The van der Waals surface area contributed by atoms with Gasteiger partial charge in [-0.05, 0) is 42.7 Å². The highest BCUT2D eigenvalue weighted by molar-refractivity contribution is 6.40. The smallest absolute Gasteiger partial charge is 0.329 e. The molecule has 1 aliphatic rings. The number of amides is 3. The van der Waals surface area contributed by atoms with Crippen LogP contribution in [0.2, 0.25) is 5.02 Å². The average molecular weight is 427 g/mol. The summed E-state index contributed by atoms with van der Waals surface area (Å²) in [6, 6.07) is 13.6. The summed E-state index contributed by atoms with van der Waals surface area (Å²) in [6.07, 6.45) is 6.66. The number of hydrogen-bond donors (Lipinski definition) is 3. The molecule has 0 radical (unpaired) electrons. The first-order valence-corrected chi connectivity index (χ1v) is 10.2. The van der Waals surface area contributed by atoms with E-state index in [9.17, 15) is 14.4 Å². The Morgan fingerprint density at radius 2 is 1.73 bits per heavy atom. The second-order valence-corrected chi connectivity index (χ2v) is 7.50. The predicted octanol–water partition coefficient (Wildman–Crippen LogP) is 3.49. The maximum atomic E-state index is 12.6. The first-order valence-electron chi connectivity index (χ1n) is 9.83. The third-order valence-electron chi connectivity index (χ3n) is 4.79. The van der Waals surface area contributed by atoms with Crippen LogP contribution in [-0.4, -0.2) is 30.0 Å². The van der Waals surface area contributed by atoms with Crippen molar-refractivity contribution in [3.05, 3.63) is 64.7 Å². The molecule has 0 spiro atoms. The maximum absolute atomic E-state index is 12.6. The van der Waals surface area contributed by atoms with Gasteiger partial charge in [-0.1, -0.05) is 55.1 Å². The minimum Gasteiger partial charge on any atom is -0.349 e. The van der Waals surface area contributed by atoms with E-state index in [0.717, 1.165) is 25.7 Å². The van der Waals surface area contributed by atoms with Crippen molar-refractivity contribution in [2.24, 2.45) is 5.10 Å². The SMILES string of the molecule is O=C(N/N=C/c1cccc(Cl)c1)C(=O)Nc1ccccc1C(=O)NC1CCCCC1. The molecule has 3 rings (SSSR count). The molecule has 1 aliphatic carbocycles. The van der Waals surface area contributed by atoms with Crippen LogP contribution in [0.15, 0.2) is 53.6 Å². The number of anilines is 1. The Morgan fingerprint density at radius 1 is 0.967 bits per heavy atom. The first kappa shape index (κ1) is 21.5. The van der Waals surface area contributed by atoms with Gasteiger partial charge in [-0.3, -0.25) is 14.4 Å². The normalized spacial score (nSPS) is 14.3. The summed E-state index contributed by atoms with van der Waals surface area (Å²) < 4.78 is 0. The number of para-hydroxylation sites is 1. The maximum Gasteiger partial charge on any atom is 0.329 e. The van der Waals surface area contributed by atoms with Gasteiger partial charge in [0.05, 0.1) is 17.5 Å². The van der Waals surface area contributed by atoms with E-state index in [0.29, 0.717) is 16.1 Å². The standard InChI is InChI=1S/C22H23ClN4O3/c23-16-8-6-7-15(13-16)14-24-27-22(30)21(29)26-19-12-5-4-11-18(19)20(28)25-17-9-2-1-3-10-17/h4-8,11-14,17H,1-3,9-10H2,(H,25,28)(H,26,29)(H,27,30)/b24-14+. The molecule has 0 atom stereocenters. The van der Waals surface area contributed by atoms with Gasteiger partial charge in [-0.2, -0.15) is 5.10 Å². The summed E-state index contributed by atoms with van der Waals surface area (Å²) >= 11 is 5.88. The summed E-state index contributed by atoms with van der Waals surface area (Å²) in [5.74, 6) is -2.14. The molecule has 0 bridgehead atoms. The van der Waals surface area contributed by atoms with Crippen LogP contribution >= 0.6 is 11.6 Å². The molecule has 0 saturated heterocycles. The van der Waals surface area contributed by atoms with Crippen molar-refractivity contribution in [2.45, 2.75) is 38.1 Å². The molecule has 0 unspecified atom stereocenters. The van der Waals surface area contributed by atoms with E-state index in [4.69, 9.17) is 11.6 Å². The van der Waals surface area contributed by atoms with Crippen LogP contribution in [0, 0.1) is 0 Å². The van der Waals surface area contributed by atoms with Gasteiger partial charge in [0, 0.05) is 11.1 Å². The van der Waals surface area contributed by atoms with Gasteiger partial charge in [-0.15, -0.1) is 0 Å². The number of nitrogens with zero attached hydrogens (tertiary/aromatic N) is 1. The molecule has 2 aromatic rings. The number of carbonyl (C=O) groups is 3. The number of hydrogen-bond acceptors (Lipinski definition) is 4. The molecule has 0 aromatic heterocycles. The van der Waals surface area contributed by atoms with E-state index in [1.165, 1.54) is 12.6 Å². The van der Waals surface area contributed by atoms with Crippen LogP contribution in [-0.2, 0) is 9.59 Å². The lowest BCUT2D eigenvalue weighted by Crippen LogP contribution is -2.37. The second kappa shape index (κ2) is 10.5. The molecule has 0 heterocycles. The Balaban J connectivity index is 1.59. The molecule has 8 heteroatoms. The van der Waals surface area contributed by atoms with Gasteiger partial charge in [0.15, 0.2) is 0 Å². The Labute approximate surface area is 179 Å². The molecule has 30 heavy (non-hydrogen) atoms. The Bertz CT molecular complexity index is 955. The molecule has 2 aromatic carbocycles. The third kappa shape index (κ3) is 6.15. The summed E-state index contributed by atoms with van der Waals surface area (Å²) in [7, 11) is 0. The fourth-order valence-corrected chi connectivity index (χ4v) is 3.48. The Kier molecular flexibility index (Phi) is 7.57. The second-order valence-electron chi connectivity index (χ2n) is 7.06. The highest BCUT2D eigenvalue weighted by Crippen LogP contribution is 2.20. The predicted molar refractivity (Wildman–Crippen MR) is 117 cm³/mol. The number of hydrazone groups is 1. The fourth-order valence-electron chi connectivity index (χ4n) is 3.28. The van der Waals surface area contributed by atoms with Crippen LogP contribution in [0.1, 0.15) is 48.0 Å². The van der Waals surface area contributed by atoms with Gasteiger partial charge in [0.1, 0.15) is 0 Å². The minimum atomic E-state index is -0.948. The van der Waals surface area contributed by atoms with E-state index >= 15 is 0 Å². The van der Waals surface area contributed by atoms with E-state index in [2.05, 4.69) is 21.2 Å². The van der Waals surface area contributed by atoms with Crippen molar-refractivity contribution in [3.63, 3.8) is 0 Å². The molecule has 7 nitrogen and oxygen atoms in total. The minimum absolute atomic E-state index is 0.138. The van der Waals surface area contributed by atoms with Gasteiger partial charge >= 0.3 is 11.8 Å². The van der Waals surface area contributed by atoms with Crippen molar-refractivity contribution in [2.75, 3.05) is 5.32 Å². The number of nitrogens with one attached hydrogen (secondary N) is 3. The van der Waals surface area contributed by atoms with Crippen molar-refractivity contribution in [1.29, 1.82) is 0 Å². The lowest BCUT2D eigenvalue weighted by Gasteiger charge is -2.23. The molecular formula is C22H23ClN4O3. The van der Waals surface area contributed by atoms with Gasteiger partial charge < -0.3 is 10.6 Å². The molecule has 0 aliphatic heterocycles. The van der Waals surface area contributed by atoms with E-state index < -0.39 is 11.8 Å². The Morgan fingerprint density at radius 3 is 2.50 bits per heavy atom. The van der Waals surface area contributed by atoms with Crippen LogP contribution in [0.25, 0.3) is 0 Å². The Hall–Kier alpha value is -3.19. The van der Waals surface area contributed by atoms with Crippen LogP contribution in [0.4, 0.5) is 5.69 Å². The highest BCUT2D eigenvalue weighted by atomic mass is 35.5. The molecule has 156 valence electrons. The van der Waals surface area contributed by atoms with Crippen LogP contribution < -0.4 is 16.1 Å².